The van der Waals surface area contributed by atoms with Crippen molar-refractivity contribution in [2.24, 2.45) is 0 Å². The largest absolute Gasteiger partial charge is 0.493 e. The highest BCUT2D eigenvalue weighted by atomic mass is 16.5. The Bertz CT molecular complexity index is 834. The minimum atomic E-state index is -0.155. The number of carbonyl (C=O) groups is 1. The number of benzene rings is 2. The molecule has 0 atom stereocenters. The van der Waals surface area contributed by atoms with Crippen LogP contribution in [-0.2, 0) is 22.5 Å². The standard InChI is InChI=1S/C32H50NO3/c1-4-5-6-7-8-9-10-11-12-16-22-30-23-17-18-24-31(30)35-25-19-26-36-32(34)28-33(2,3)27-29-20-14-13-15-21-29/h13-15,17-18,20-21,23-24H,4-12,16,19,22,25-28H2,1-3H3/q+1. The van der Waals surface area contributed by atoms with E-state index >= 15 is 0 Å². The van der Waals surface area contributed by atoms with Crippen molar-refractivity contribution in [2.75, 3.05) is 33.9 Å². The van der Waals surface area contributed by atoms with Gasteiger partial charge >= 0.3 is 5.97 Å². The molecule has 2 aromatic carbocycles. The van der Waals surface area contributed by atoms with Crippen molar-refractivity contribution in [3.05, 3.63) is 65.7 Å². The van der Waals surface area contributed by atoms with Crippen LogP contribution >= 0.6 is 0 Å². The molecular formula is C32H50NO3+. The molecule has 0 unspecified atom stereocenters. The lowest BCUT2D eigenvalue weighted by Crippen LogP contribution is -2.43. The van der Waals surface area contributed by atoms with Crippen molar-refractivity contribution in [3.63, 3.8) is 0 Å². The van der Waals surface area contributed by atoms with E-state index in [0.29, 0.717) is 30.7 Å². The number of likely N-dealkylation sites (N-methyl/N-ethyl adjacent to an activating group) is 1. The first-order valence-corrected chi connectivity index (χ1v) is 14.2. The van der Waals surface area contributed by atoms with Gasteiger partial charge in [-0.15, -0.1) is 0 Å². The predicted molar refractivity (Wildman–Crippen MR) is 150 cm³/mol. The van der Waals surface area contributed by atoms with E-state index in [1.165, 1.54) is 75.3 Å². The number of carbonyl (C=O) groups excluding carboxylic acids is 1. The summed E-state index contributed by atoms with van der Waals surface area (Å²) in [6.07, 6.45) is 15.3. The molecule has 2 rings (SSSR count). The number of quaternary nitrogens is 1. The summed E-state index contributed by atoms with van der Waals surface area (Å²) in [7, 11) is 4.12. The van der Waals surface area contributed by atoms with E-state index in [2.05, 4.69) is 51.4 Å². The van der Waals surface area contributed by atoms with E-state index in [1.807, 2.05) is 24.3 Å². The molecule has 36 heavy (non-hydrogen) atoms. The van der Waals surface area contributed by atoms with Gasteiger partial charge in [0.2, 0.25) is 0 Å². The topological polar surface area (TPSA) is 35.5 Å². The van der Waals surface area contributed by atoms with Crippen LogP contribution in [0, 0.1) is 0 Å². The van der Waals surface area contributed by atoms with Crippen molar-refractivity contribution >= 4 is 5.97 Å². The van der Waals surface area contributed by atoms with Gasteiger partial charge < -0.3 is 14.0 Å². The number of aryl methyl sites for hydroxylation is 1. The molecular weight excluding hydrogens is 446 g/mol. The number of ether oxygens (including phenoxy) is 2. The fourth-order valence-corrected chi connectivity index (χ4v) is 4.61. The molecule has 0 saturated heterocycles. The molecule has 2 aromatic rings. The smallest absolute Gasteiger partial charge is 0.361 e. The second-order valence-corrected chi connectivity index (χ2v) is 10.7. The second-order valence-electron chi connectivity index (χ2n) is 10.7. The van der Waals surface area contributed by atoms with Crippen molar-refractivity contribution < 1.29 is 18.8 Å². The van der Waals surface area contributed by atoms with Crippen LogP contribution in [0.25, 0.3) is 0 Å². The summed E-state index contributed by atoms with van der Waals surface area (Å²) in [5.74, 6) is 0.817. The number of esters is 1. The molecule has 0 fully saturated rings. The maximum atomic E-state index is 12.3. The van der Waals surface area contributed by atoms with E-state index in [-0.39, 0.29) is 5.97 Å². The van der Waals surface area contributed by atoms with Crippen LogP contribution in [0.15, 0.2) is 54.6 Å². The van der Waals surface area contributed by atoms with Gasteiger partial charge in [0.15, 0.2) is 6.54 Å². The summed E-state index contributed by atoms with van der Waals surface area (Å²) in [4.78, 5) is 12.3. The molecule has 0 bridgehead atoms. The molecule has 4 heteroatoms. The number of nitrogens with zero attached hydrogens (tertiary/aromatic N) is 1. The molecule has 0 N–H and O–H groups in total. The molecule has 0 aromatic heterocycles. The average molecular weight is 497 g/mol. The predicted octanol–water partition coefficient (Wildman–Crippen LogP) is 7.74. The maximum Gasteiger partial charge on any atom is 0.361 e. The van der Waals surface area contributed by atoms with Gasteiger partial charge in [-0.2, -0.15) is 0 Å². The van der Waals surface area contributed by atoms with E-state index in [0.717, 1.165) is 18.7 Å². The van der Waals surface area contributed by atoms with E-state index in [1.54, 1.807) is 0 Å². The van der Waals surface area contributed by atoms with E-state index in [4.69, 9.17) is 9.47 Å². The van der Waals surface area contributed by atoms with Gasteiger partial charge in [-0.25, -0.2) is 4.79 Å². The number of hydrogen-bond acceptors (Lipinski definition) is 3. The van der Waals surface area contributed by atoms with Crippen LogP contribution in [0.4, 0.5) is 0 Å². The summed E-state index contributed by atoms with van der Waals surface area (Å²) < 4.78 is 12.1. The summed E-state index contributed by atoms with van der Waals surface area (Å²) in [6.45, 7) is 4.39. The number of rotatable bonds is 20. The maximum absolute atomic E-state index is 12.3. The lowest BCUT2D eigenvalue weighted by atomic mass is 10.0. The van der Waals surface area contributed by atoms with Crippen molar-refractivity contribution in [1.82, 2.24) is 0 Å². The third kappa shape index (κ3) is 13.7. The molecule has 0 heterocycles. The Morgan fingerprint density at radius 2 is 1.33 bits per heavy atom. The molecule has 200 valence electrons. The Labute approximate surface area is 220 Å². The third-order valence-electron chi connectivity index (χ3n) is 6.59. The monoisotopic (exact) mass is 496 g/mol. The fourth-order valence-electron chi connectivity index (χ4n) is 4.61. The highest BCUT2D eigenvalue weighted by Gasteiger charge is 2.21. The molecule has 0 spiro atoms. The highest BCUT2D eigenvalue weighted by molar-refractivity contribution is 5.70. The highest BCUT2D eigenvalue weighted by Crippen LogP contribution is 2.21. The number of para-hydroxylation sites is 1. The van der Waals surface area contributed by atoms with Crippen LogP contribution in [0.5, 0.6) is 5.75 Å². The first-order valence-electron chi connectivity index (χ1n) is 14.2. The van der Waals surface area contributed by atoms with Crippen LogP contribution < -0.4 is 4.74 Å². The lowest BCUT2D eigenvalue weighted by Gasteiger charge is -2.28. The van der Waals surface area contributed by atoms with Crippen LogP contribution in [0.3, 0.4) is 0 Å². The molecule has 0 amide bonds. The molecule has 0 saturated carbocycles. The van der Waals surface area contributed by atoms with Gasteiger partial charge in [-0.3, -0.25) is 0 Å². The normalized spacial score (nSPS) is 11.4. The van der Waals surface area contributed by atoms with Gasteiger partial charge in [-0.05, 0) is 24.5 Å². The van der Waals surface area contributed by atoms with Crippen molar-refractivity contribution in [1.29, 1.82) is 0 Å². The van der Waals surface area contributed by atoms with Crippen LogP contribution in [0.2, 0.25) is 0 Å². The molecule has 0 aliphatic heterocycles. The van der Waals surface area contributed by atoms with Crippen molar-refractivity contribution in [2.45, 2.75) is 90.5 Å². The van der Waals surface area contributed by atoms with E-state index < -0.39 is 0 Å². The average Bonchev–Trinajstić information content (AvgIpc) is 2.85. The minimum Gasteiger partial charge on any atom is -0.493 e. The van der Waals surface area contributed by atoms with Crippen LogP contribution in [-0.4, -0.2) is 44.3 Å². The Hall–Kier alpha value is -2.33. The van der Waals surface area contributed by atoms with Gasteiger partial charge in [0, 0.05) is 12.0 Å². The summed E-state index contributed by atoms with van der Waals surface area (Å²) in [6, 6.07) is 18.6. The molecule has 0 radical (unpaired) electrons. The summed E-state index contributed by atoms with van der Waals surface area (Å²) in [5, 5.41) is 0. The van der Waals surface area contributed by atoms with E-state index in [9.17, 15) is 4.79 Å². The first-order chi connectivity index (χ1) is 17.5. The van der Waals surface area contributed by atoms with Crippen molar-refractivity contribution in [3.8, 4) is 5.75 Å². The van der Waals surface area contributed by atoms with Crippen LogP contribution in [0.1, 0.15) is 88.7 Å². The zero-order valence-corrected chi connectivity index (χ0v) is 23.2. The number of unbranched alkanes of at least 4 members (excludes halogenated alkanes) is 9. The Morgan fingerprint density at radius 1 is 0.722 bits per heavy atom. The minimum absolute atomic E-state index is 0.155. The Kier molecular flexibility index (Phi) is 14.9. The Morgan fingerprint density at radius 3 is 2.03 bits per heavy atom. The zero-order chi connectivity index (χ0) is 25.9. The first kappa shape index (κ1) is 29.9. The zero-order valence-electron chi connectivity index (χ0n) is 23.2. The number of hydrogen-bond donors (Lipinski definition) is 0. The van der Waals surface area contributed by atoms with Gasteiger partial charge in [0.1, 0.15) is 12.3 Å². The molecule has 4 nitrogen and oxygen atoms in total. The Balaban J connectivity index is 1.56. The van der Waals surface area contributed by atoms with Gasteiger partial charge in [-0.1, -0.05) is 113 Å². The van der Waals surface area contributed by atoms with Gasteiger partial charge in [0.25, 0.3) is 0 Å². The summed E-state index contributed by atoms with van der Waals surface area (Å²) in [5.41, 5.74) is 2.51. The molecule has 0 aliphatic carbocycles. The van der Waals surface area contributed by atoms with Gasteiger partial charge in [0.05, 0.1) is 27.3 Å². The fraction of sp³-hybridized carbons (Fsp3) is 0.594. The molecule has 0 aliphatic rings. The quantitative estimate of drug-likeness (QED) is 0.107. The SMILES string of the molecule is CCCCCCCCCCCCc1ccccc1OCCCOC(=O)C[N+](C)(C)Cc1ccccc1. The second kappa shape index (κ2) is 18.0. The summed E-state index contributed by atoms with van der Waals surface area (Å²) >= 11 is 0. The lowest BCUT2D eigenvalue weighted by molar-refractivity contribution is -0.896. The third-order valence-corrected chi connectivity index (χ3v) is 6.59.